The Labute approximate surface area is 128 Å². The zero-order chi connectivity index (χ0) is 15.2. The number of rotatable bonds is 6. The third-order valence-corrected chi connectivity index (χ3v) is 4.26. The number of nitrogens with one attached hydrogen (secondary N) is 1. The van der Waals surface area contributed by atoms with Crippen LogP contribution in [0.2, 0.25) is 0 Å². The van der Waals surface area contributed by atoms with Crippen LogP contribution in [0.15, 0.2) is 18.2 Å². The summed E-state index contributed by atoms with van der Waals surface area (Å²) >= 11 is 0. The number of benzene rings is 1. The van der Waals surface area contributed by atoms with E-state index in [4.69, 9.17) is 9.47 Å². The van der Waals surface area contributed by atoms with Gasteiger partial charge in [-0.3, -0.25) is 0 Å². The molecule has 1 aliphatic heterocycles. The van der Waals surface area contributed by atoms with Crippen molar-refractivity contribution in [2.24, 2.45) is 5.92 Å². The fourth-order valence-corrected chi connectivity index (χ4v) is 2.99. The second kappa shape index (κ2) is 7.55. The number of nitrogens with zero attached hydrogens (tertiary/aromatic N) is 1. The van der Waals surface area contributed by atoms with Gasteiger partial charge in [-0.15, -0.1) is 0 Å². The van der Waals surface area contributed by atoms with Crippen molar-refractivity contribution < 1.29 is 9.47 Å². The van der Waals surface area contributed by atoms with Crippen LogP contribution in [0.4, 0.5) is 5.69 Å². The van der Waals surface area contributed by atoms with Gasteiger partial charge in [0, 0.05) is 43.0 Å². The molecule has 1 aromatic rings. The first-order chi connectivity index (χ1) is 10.2. The maximum absolute atomic E-state index is 5.37. The van der Waals surface area contributed by atoms with Crippen molar-refractivity contribution >= 4 is 5.69 Å². The molecule has 2 unspecified atom stereocenters. The second-order valence-electron chi connectivity index (χ2n) is 5.84. The van der Waals surface area contributed by atoms with Crippen molar-refractivity contribution in [1.82, 2.24) is 5.32 Å². The highest BCUT2D eigenvalue weighted by molar-refractivity contribution is 5.56. The van der Waals surface area contributed by atoms with Gasteiger partial charge >= 0.3 is 0 Å². The van der Waals surface area contributed by atoms with Crippen molar-refractivity contribution in [3.63, 3.8) is 0 Å². The van der Waals surface area contributed by atoms with E-state index in [0.717, 1.165) is 31.1 Å². The number of hydrogen-bond donors (Lipinski definition) is 1. The predicted molar refractivity (Wildman–Crippen MR) is 87.6 cm³/mol. The monoisotopic (exact) mass is 292 g/mol. The van der Waals surface area contributed by atoms with Gasteiger partial charge in [0.15, 0.2) is 0 Å². The summed E-state index contributed by atoms with van der Waals surface area (Å²) in [6, 6.07) is 6.74. The fourth-order valence-electron chi connectivity index (χ4n) is 2.99. The van der Waals surface area contributed by atoms with Crippen LogP contribution in [-0.2, 0) is 0 Å². The number of piperidine rings is 1. The van der Waals surface area contributed by atoms with E-state index in [-0.39, 0.29) is 0 Å². The van der Waals surface area contributed by atoms with Gasteiger partial charge in [-0.2, -0.15) is 0 Å². The lowest BCUT2D eigenvalue weighted by molar-refractivity contribution is 0.322. The Hall–Kier alpha value is -1.42. The Morgan fingerprint density at radius 1 is 1.19 bits per heavy atom. The molecule has 2 atom stereocenters. The summed E-state index contributed by atoms with van der Waals surface area (Å²) in [7, 11) is 3.39. The highest BCUT2D eigenvalue weighted by Gasteiger charge is 2.26. The lowest BCUT2D eigenvalue weighted by atomic mass is 9.93. The van der Waals surface area contributed by atoms with E-state index in [0.29, 0.717) is 12.0 Å². The van der Waals surface area contributed by atoms with Gasteiger partial charge < -0.3 is 19.7 Å². The van der Waals surface area contributed by atoms with Gasteiger partial charge in [0.25, 0.3) is 0 Å². The molecule has 0 aliphatic carbocycles. The molecule has 0 saturated carbocycles. The van der Waals surface area contributed by atoms with Gasteiger partial charge in [-0.1, -0.05) is 13.8 Å². The Bertz CT molecular complexity index is 428. The van der Waals surface area contributed by atoms with Gasteiger partial charge in [-0.25, -0.2) is 0 Å². The lowest BCUT2D eigenvalue weighted by Gasteiger charge is -2.39. The fraction of sp³-hybridized carbons (Fsp3) is 0.647. The molecular weight excluding hydrogens is 264 g/mol. The molecule has 1 saturated heterocycles. The lowest BCUT2D eigenvalue weighted by Crippen LogP contribution is -2.48. The summed E-state index contributed by atoms with van der Waals surface area (Å²) in [5, 5.41) is 3.66. The third-order valence-electron chi connectivity index (χ3n) is 4.26. The summed E-state index contributed by atoms with van der Waals surface area (Å²) < 4.78 is 10.7. The molecular formula is C17H28N2O2. The first-order valence-electron chi connectivity index (χ1n) is 7.89. The van der Waals surface area contributed by atoms with Crippen LogP contribution in [0.5, 0.6) is 11.5 Å². The van der Waals surface area contributed by atoms with Gasteiger partial charge in [0.05, 0.1) is 14.2 Å². The van der Waals surface area contributed by atoms with Gasteiger partial charge in [-0.05, 0) is 25.3 Å². The van der Waals surface area contributed by atoms with Crippen molar-refractivity contribution in [3.8, 4) is 11.5 Å². The minimum Gasteiger partial charge on any atom is -0.497 e. The zero-order valence-electron chi connectivity index (χ0n) is 13.7. The van der Waals surface area contributed by atoms with E-state index < -0.39 is 0 Å². The van der Waals surface area contributed by atoms with Crippen LogP contribution < -0.4 is 19.7 Å². The van der Waals surface area contributed by atoms with Crippen molar-refractivity contribution in [2.75, 3.05) is 38.8 Å². The van der Waals surface area contributed by atoms with E-state index in [1.54, 1.807) is 14.2 Å². The Kier molecular flexibility index (Phi) is 5.74. The molecule has 21 heavy (non-hydrogen) atoms. The van der Waals surface area contributed by atoms with Crippen LogP contribution in [0.1, 0.15) is 26.7 Å². The number of anilines is 1. The second-order valence-corrected chi connectivity index (χ2v) is 5.84. The highest BCUT2D eigenvalue weighted by Crippen LogP contribution is 2.31. The Morgan fingerprint density at radius 3 is 2.38 bits per heavy atom. The first kappa shape index (κ1) is 16.0. The molecule has 0 amide bonds. The molecule has 1 aliphatic rings. The average Bonchev–Trinajstić information content (AvgIpc) is 2.53. The number of methoxy groups -OCH3 is 2. The van der Waals surface area contributed by atoms with Crippen LogP contribution in [0, 0.1) is 5.92 Å². The topological polar surface area (TPSA) is 33.7 Å². The molecule has 0 radical (unpaired) electrons. The largest absolute Gasteiger partial charge is 0.497 e. The van der Waals surface area contributed by atoms with E-state index in [1.807, 2.05) is 6.07 Å². The van der Waals surface area contributed by atoms with Gasteiger partial charge in [0.1, 0.15) is 11.5 Å². The highest BCUT2D eigenvalue weighted by atomic mass is 16.5. The molecule has 1 heterocycles. The Balaban J connectivity index is 2.06. The smallest absolute Gasteiger partial charge is 0.124 e. The SMILES string of the molecule is CCCNC1CCN(c2cc(OC)cc(OC)c2)CC1C. The molecule has 4 heteroatoms. The maximum atomic E-state index is 5.37. The minimum absolute atomic E-state index is 0.633. The minimum atomic E-state index is 0.633. The standard InChI is InChI=1S/C17H28N2O2/c1-5-7-18-17-6-8-19(12-13(17)2)14-9-15(20-3)11-16(10-14)21-4/h9-11,13,17-18H,5-8,12H2,1-4H3. The number of ether oxygens (including phenoxy) is 2. The predicted octanol–water partition coefficient (Wildman–Crippen LogP) is 2.92. The molecule has 0 aromatic heterocycles. The number of hydrogen-bond acceptors (Lipinski definition) is 4. The molecule has 1 aromatic carbocycles. The van der Waals surface area contributed by atoms with Crippen LogP contribution in [-0.4, -0.2) is 39.9 Å². The molecule has 0 spiro atoms. The Morgan fingerprint density at radius 2 is 1.86 bits per heavy atom. The molecule has 4 nitrogen and oxygen atoms in total. The van der Waals surface area contributed by atoms with Crippen molar-refractivity contribution in [2.45, 2.75) is 32.7 Å². The summed E-state index contributed by atoms with van der Waals surface area (Å²) in [6.07, 6.45) is 2.38. The van der Waals surface area contributed by atoms with Crippen LogP contribution in [0.3, 0.4) is 0 Å². The maximum Gasteiger partial charge on any atom is 0.124 e. The van der Waals surface area contributed by atoms with E-state index in [2.05, 4.69) is 36.2 Å². The van der Waals surface area contributed by atoms with Crippen LogP contribution >= 0.6 is 0 Å². The quantitative estimate of drug-likeness (QED) is 0.874. The van der Waals surface area contributed by atoms with Crippen LogP contribution in [0.25, 0.3) is 0 Å². The molecule has 2 rings (SSSR count). The molecule has 118 valence electrons. The summed E-state index contributed by atoms with van der Waals surface area (Å²) in [5.74, 6) is 2.34. The van der Waals surface area contributed by atoms with Crippen molar-refractivity contribution in [3.05, 3.63) is 18.2 Å². The van der Waals surface area contributed by atoms with Gasteiger partial charge in [0.2, 0.25) is 0 Å². The average molecular weight is 292 g/mol. The summed E-state index contributed by atoms with van der Waals surface area (Å²) in [4.78, 5) is 2.43. The normalized spacial score (nSPS) is 22.2. The molecule has 1 N–H and O–H groups in total. The van der Waals surface area contributed by atoms with E-state index in [9.17, 15) is 0 Å². The third kappa shape index (κ3) is 4.03. The first-order valence-corrected chi connectivity index (χ1v) is 7.89. The molecule has 1 fully saturated rings. The van der Waals surface area contributed by atoms with Crippen molar-refractivity contribution in [1.29, 1.82) is 0 Å². The van der Waals surface area contributed by atoms with E-state index in [1.165, 1.54) is 18.5 Å². The van der Waals surface area contributed by atoms with E-state index >= 15 is 0 Å². The summed E-state index contributed by atoms with van der Waals surface area (Å²) in [6.45, 7) is 7.80. The zero-order valence-corrected chi connectivity index (χ0v) is 13.7. The summed E-state index contributed by atoms with van der Waals surface area (Å²) in [5.41, 5.74) is 1.19. The molecule has 0 bridgehead atoms.